The maximum atomic E-state index is 12.2. The summed E-state index contributed by atoms with van der Waals surface area (Å²) in [5.74, 6) is 0.676. The van der Waals surface area contributed by atoms with E-state index < -0.39 is 5.54 Å². The molecule has 4 nitrogen and oxygen atoms in total. The smallest absolute Gasteiger partial charge is 0.240 e. The van der Waals surface area contributed by atoms with Crippen LogP contribution in [0.4, 0.5) is 0 Å². The van der Waals surface area contributed by atoms with Crippen LogP contribution in [0.2, 0.25) is 0 Å². The number of hydrogen-bond donors (Lipinski definition) is 2. The molecule has 1 amide bonds. The molecule has 3 N–H and O–H groups in total. The molecule has 0 spiro atoms. The van der Waals surface area contributed by atoms with E-state index in [9.17, 15) is 4.79 Å². The second-order valence-corrected chi connectivity index (χ2v) is 6.78. The van der Waals surface area contributed by atoms with Crippen molar-refractivity contribution in [1.29, 1.82) is 0 Å². The predicted octanol–water partition coefficient (Wildman–Crippen LogP) is 2.30. The van der Waals surface area contributed by atoms with Crippen LogP contribution in [-0.4, -0.2) is 16.4 Å². The second kappa shape index (κ2) is 5.21. The Balaban J connectivity index is 1.54. The third kappa shape index (κ3) is 2.98. The Hall–Kier alpha value is -0.940. The van der Waals surface area contributed by atoms with E-state index in [0.29, 0.717) is 12.5 Å². The first-order valence-electron chi connectivity index (χ1n) is 7.19. The fourth-order valence-corrected chi connectivity index (χ4v) is 3.53. The van der Waals surface area contributed by atoms with Crippen LogP contribution in [0.15, 0.2) is 5.38 Å². The summed E-state index contributed by atoms with van der Waals surface area (Å²) in [5.41, 5.74) is 6.76. The Labute approximate surface area is 117 Å². The van der Waals surface area contributed by atoms with Gasteiger partial charge in [0.25, 0.3) is 0 Å². The fraction of sp³-hybridized carbons (Fsp3) is 0.714. The van der Waals surface area contributed by atoms with Gasteiger partial charge in [0.1, 0.15) is 5.01 Å². The van der Waals surface area contributed by atoms with Gasteiger partial charge in [0.15, 0.2) is 0 Å². The summed E-state index contributed by atoms with van der Waals surface area (Å²) in [6.07, 6.45) is 7.47. The molecule has 2 aliphatic rings. The van der Waals surface area contributed by atoms with E-state index in [1.807, 2.05) is 0 Å². The molecule has 1 aromatic heterocycles. The van der Waals surface area contributed by atoms with Gasteiger partial charge in [-0.1, -0.05) is 19.3 Å². The fourth-order valence-electron chi connectivity index (χ4n) is 2.71. The van der Waals surface area contributed by atoms with Crippen molar-refractivity contribution in [2.45, 2.75) is 62.9 Å². The van der Waals surface area contributed by atoms with E-state index in [1.54, 1.807) is 11.3 Å². The lowest BCUT2D eigenvalue weighted by atomic mass is 9.82. The van der Waals surface area contributed by atoms with E-state index in [4.69, 9.17) is 5.73 Å². The Bertz CT molecular complexity index is 461. The van der Waals surface area contributed by atoms with Gasteiger partial charge in [-0.15, -0.1) is 11.3 Å². The molecule has 0 radical (unpaired) electrons. The van der Waals surface area contributed by atoms with Crippen molar-refractivity contribution < 1.29 is 4.79 Å². The minimum atomic E-state index is -0.644. The number of amides is 1. The minimum absolute atomic E-state index is 0.00429. The van der Waals surface area contributed by atoms with Gasteiger partial charge in [-0.25, -0.2) is 4.98 Å². The number of rotatable bonds is 4. The molecular formula is C14H21N3OS. The summed E-state index contributed by atoms with van der Waals surface area (Å²) < 4.78 is 0. The zero-order chi connectivity index (χ0) is 13.3. The van der Waals surface area contributed by atoms with E-state index >= 15 is 0 Å². The number of nitrogens with zero attached hydrogens (tertiary/aromatic N) is 1. The highest BCUT2D eigenvalue weighted by Gasteiger charge is 2.35. The van der Waals surface area contributed by atoms with Crippen LogP contribution in [0.1, 0.15) is 61.6 Å². The maximum Gasteiger partial charge on any atom is 0.240 e. The first-order valence-corrected chi connectivity index (χ1v) is 8.07. The quantitative estimate of drug-likeness (QED) is 0.888. The van der Waals surface area contributed by atoms with Crippen molar-refractivity contribution in [3.05, 3.63) is 16.1 Å². The van der Waals surface area contributed by atoms with Gasteiger partial charge >= 0.3 is 0 Å². The van der Waals surface area contributed by atoms with Crippen molar-refractivity contribution in [2.24, 2.45) is 5.73 Å². The Kier molecular flexibility index (Phi) is 3.58. The summed E-state index contributed by atoms with van der Waals surface area (Å²) in [7, 11) is 0. The highest BCUT2D eigenvalue weighted by molar-refractivity contribution is 7.09. The largest absolute Gasteiger partial charge is 0.348 e. The lowest BCUT2D eigenvalue weighted by Gasteiger charge is -2.31. The highest BCUT2D eigenvalue weighted by Crippen LogP contribution is 2.40. The number of hydrogen-bond acceptors (Lipinski definition) is 4. The molecule has 2 saturated carbocycles. The molecule has 0 unspecified atom stereocenters. The molecule has 0 bridgehead atoms. The minimum Gasteiger partial charge on any atom is -0.348 e. The summed E-state index contributed by atoms with van der Waals surface area (Å²) >= 11 is 1.64. The summed E-state index contributed by atoms with van der Waals surface area (Å²) in [6.45, 7) is 0.523. The molecule has 0 saturated heterocycles. The van der Waals surface area contributed by atoms with E-state index in [2.05, 4.69) is 15.7 Å². The number of carbonyl (C=O) groups excluding carboxylic acids is 1. The van der Waals surface area contributed by atoms with Crippen molar-refractivity contribution in [3.8, 4) is 0 Å². The van der Waals surface area contributed by atoms with Crippen molar-refractivity contribution in [2.75, 3.05) is 0 Å². The van der Waals surface area contributed by atoms with Crippen LogP contribution < -0.4 is 11.1 Å². The molecule has 3 rings (SSSR count). The zero-order valence-corrected chi connectivity index (χ0v) is 12.0. The Morgan fingerprint density at radius 3 is 2.84 bits per heavy atom. The molecule has 2 aliphatic carbocycles. The standard InChI is InChI=1S/C14H21N3OS/c15-14(6-2-1-3-7-14)13(18)16-8-12-17-11(9-19-12)10-4-5-10/h9-10H,1-8,15H2,(H,16,18). The molecular weight excluding hydrogens is 258 g/mol. The highest BCUT2D eigenvalue weighted by atomic mass is 32.1. The first kappa shape index (κ1) is 13.1. The van der Waals surface area contributed by atoms with Crippen LogP contribution in [0.5, 0.6) is 0 Å². The average molecular weight is 279 g/mol. The molecule has 0 atom stereocenters. The molecule has 0 aliphatic heterocycles. The number of thiazole rings is 1. The van der Waals surface area contributed by atoms with Crippen LogP contribution >= 0.6 is 11.3 Å². The molecule has 1 aromatic rings. The number of nitrogens with two attached hydrogens (primary N) is 1. The van der Waals surface area contributed by atoms with Crippen LogP contribution in [0, 0.1) is 0 Å². The maximum absolute atomic E-state index is 12.2. The zero-order valence-electron chi connectivity index (χ0n) is 11.2. The van der Waals surface area contributed by atoms with E-state index in [-0.39, 0.29) is 5.91 Å². The van der Waals surface area contributed by atoms with E-state index in [0.717, 1.165) is 30.7 Å². The number of carbonyl (C=O) groups is 1. The van der Waals surface area contributed by atoms with Gasteiger partial charge in [-0.3, -0.25) is 4.79 Å². The van der Waals surface area contributed by atoms with Gasteiger partial charge < -0.3 is 11.1 Å². The van der Waals surface area contributed by atoms with E-state index in [1.165, 1.54) is 25.0 Å². The lowest BCUT2D eigenvalue weighted by molar-refractivity contribution is -0.127. The number of aromatic nitrogens is 1. The summed E-state index contributed by atoms with van der Waals surface area (Å²) in [4.78, 5) is 16.8. The number of nitrogens with one attached hydrogen (secondary N) is 1. The third-order valence-corrected chi connectivity index (χ3v) is 5.03. The van der Waals surface area contributed by atoms with Gasteiger partial charge in [-0.2, -0.15) is 0 Å². The van der Waals surface area contributed by atoms with Crippen LogP contribution in [-0.2, 0) is 11.3 Å². The van der Waals surface area contributed by atoms with Gasteiger partial charge in [0.2, 0.25) is 5.91 Å². The SMILES string of the molecule is NC1(C(=O)NCc2nc(C3CC3)cs2)CCCCC1. The Morgan fingerprint density at radius 2 is 2.16 bits per heavy atom. The summed E-state index contributed by atoms with van der Waals surface area (Å²) in [6, 6.07) is 0. The second-order valence-electron chi connectivity index (χ2n) is 5.84. The normalized spacial score (nSPS) is 22.2. The monoisotopic (exact) mass is 279 g/mol. The molecule has 19 heavy (non-hydrogen) atoms. The predicted molar refractivity (Wildman–Crippen MR) is 75.9 cm³/mol. The first-order chi connectivity index (χ1) is 9.17. The third-order valence-electron chi connectivity index (χ3n) is 4.16. The Morgan fingerprint density at radius 1 is 1.42 bits per heavy atom. The van der Waals surface area contributed by atoms with Gasteiger partial charge in [-0.05, 0) is 25.7 Å². The summed E-state index contributed by atoms with van der Waals surface area (Å²) in [5, 5.41) is 6.08. The van der Waals surface area contributed by atoms with Gasteiger partial charge in [0, 0.05) is 11.3 Å². The van der Waals surface area contributed by atoms with Crippen molar-refractivity contribution >= 4 is 17.2 Å². The molecule has 2 fully saturated rings. The molecule has 1 heterocycles. The average Bonchev–Trinajstić information content (AvgIpc) is 3.16. The topological polar surface area (TPSA) is 68.0 Å². The molecule has 0 aromatic carbocycles. The van der Waals surface area contributed by atoms with Crippen molar-refractivity contribution in [1.82, 2.24) is 10.3 Å². The molecule has 104 valence electrons. The van der Waals surface area contributed by atoms with Gasteiger partial charge in [0.05, 0.1) is 17.8 Å². The van der Waals surface area contributed by atoms with Crippen LogP contribution in [0.3, 0.4) is 0 Å². The lowest BCUT2D eigenvalue weighted by Crippen LogP contribution is -2.54. The van der Waals surface area contributed by atoms with Crippen molar-refractivity contribution in [3.63, 3.8) is 0 Å². The van der Waals surface area contributed by atoms with Crippen LogP contribution in [0.25, 0.3) is 0 Å². The molecule has 5 heteroatoms.